The summed E-state index contributed by atoms with van der Waals surface area (Å²) >= 11 is 1.66. The molecule has 5 nitrogen and oxygen atoms in total. The summed E-state index contributed by atoms with van der Waals surface area (Å²) in [4.78, 5) is 11.1. The van der Waals surface area contributed by atoms with Crippen LogP contribution in [0, 0.1) is 19.8 Å². The van der Waals surface area contributed by atoms with E-state index in [0.717, 1.165) is 40.6 Å². The van der Waals surface area contributed by atoms with Crippen LogP contribution in [-0.4, -0.2) is 18.4 Å². The number of nitrogens with one attached hydrogen (secondary N) is 1. The molecule has 0 saturated heterocycles. The van der Waals surface area contributed by atoms with Crippen molar-refractivity contribution in [3.05, 3.63) is 46.1 Å². The van der Waals surface area contributed by atoms with Crippen LogP contribution in [0.5, 0.6) is 0 Å². The van der Waals surface area contributed by atoms with Crippen LogP contribution in [0.4, 0.5) is 5.82 Å². The number of sulfonamides is 1. The SMILES string of the molecule is Cc1ccc(S(=O)(=O)Nc2ncnc3sc4c(c23)CC[C@@H](C)C4)cc1C. The molecule has 1 N–H and O–H groups in total. The number of benzene rings is 1. The number of thiophene rings is 1. The van der Waals surface area contributed by atoms with Crippen molar-refractivity contribution in [3.8, 4) is 0 Å². The molecule has 0 saturated carbocycles. The number of hydrogen-bond acceptors (Lipinski definition) is 5. The molecule has 0 bridgehead atoms. The maximum atomic E-state index is 12.9. The summed E-state index contributed by atoms with van der Waals surface area (Å²) in [5, 5.41) is 0.867. The topological polar surface area (TPSA) is 72.0 Å². The Kier molecular flexibility index (Phi) is 4.23. The molecule has 1 aliphatic carbocycles. The van der Waals surface area contributed by atoms with Crippen LogP contribution in [0.2, 0.25) is 0 Å². The third-order valence-electron chi connectivity index (χ3n) is 5.11. The van der Waals surface area contributed by atoms with Gasteiger partial charge in [-0.25, -0.2) is 18.4 Å². The highest BCUT2D eigenvalue weighted by molar-refractivity contribution is 7.92. The summed E-state index contributed by atoms with van der Waals surface area (Å²) in [5.74, 6) is 1.04. The minimum absolute atomic E-state index is 0.255. The first-order chi connectivity index (χ1) is 12.3. The fraction of sp³-hybridized carbons (Fsp3) is 0.368. The number of rotatable bonds is 3. The molecule has 0 aliphatic heterocycles. The molecule has 7 heteroatoms. The summed E-state index contributed by atoms with van der Waals surface area (Å²) in [7, 11) is -3.69. The maximum Gasteiger partial charge on any atom is 0.263 e. The molecule has 26 heavy (non-hydrogen) atoms. The predicted octanol–water partition coefficient (Wildman–Crippen LogP) is 4.23. The third kappa shape index (κ3) is 2.99. The predicted molar refractivity (Wildman–Crippen MR) is 105 cm³/mol. The maximum absolute atomic E-state index is 12.9. The van der Waals surface area contributed by atoms with Crippen molar-refractivity contribution in [2.75, 3.05) is 4.72 Å². The summed E-state index contributed by atoms with van der Waals surface area (Å²) in [6, 6.07) is 5.15. The van der Waals surface area contributed by atoms with Crippen LogP contribution in [0.1, 0.15) is 34.9 Å². The highest BCUT2D eigenvalue weighted by atomic mass is 32.2. The van der Waals surface area contributed by atoms with Crippen LogP contribution in [0.15, 0.2) is 29.4 Å². The van der Waals surface area contributed by atoms with Crippen molar-refractivity contribution in [2.24, 2.45) is 5.92 Å². The van der Waals surface area contributed by atoms with E-state index in [-0.39, 0.29) is 4.90 Å². The van der Waals surface area contributed by atoms with Gasteiger partial charge in [0.2, 0.25) is 0 Å². The Morgan fingerprint density at radius 2 is 2.00 bits per heavy atom. The van der Waals surface area contributed by atoms with Gasteiger partial charge in [0.15, 0.2) is 5.82 Å². The lowest BCUT2D eigenvalue weighted by Gasteiger charge is -2.18. The van der Waals surface area contributed by atoms with Crippen molar-refractivity contribution in [2.45, 2.75) is 44.9 Å². The molecule has 4 rings (SSSR count). The van der Waals surface area contributed by atoms with E-state index >= 15 is 0 Å². The van der Waals surface area contributed by atoms with Crippen molar-refractivity contribution < 1.29 is 8.42 Å². The first-order valence-electron chi connectivity index (χ1n) is 8.70. The second-order valence-electron chi connectivity index (χ2n) is 7.11. The van der Waals surface area contributed by atoms with E-state index in [1.54, 1.807) is 23.5 Å². The molecule has 1 aliphatic rings. The molecule has 3 aromatic rings. The number of nitrogens with zero attached hydrogens (tertiary/aromatic N) is 2. The minimum Gasteiger partial charge on any atom is -0.263 e. The van der Waals surface area contributed by atoms with Gasteiger partial charge in [0.05, 0.1) is 10.3 Å². The lowest BCUT2D eigenvalue weighted by molar-refractivity contribution is 0.509. The van der Waals surface area contributed by atoms with Crippen molar-refractivity contribution >= 4 is 37.4 Å². The Balaban J connectivity index is 1.78. The van der Waals surface area contributed by atoms with Gasteiger partial charge in [-0.2, -0.15) is 0 Å². The third-order valence-corrected chi connectivity index (χ3v) is 7.61. The minimum atomic E-state index is -3.69. The number of fused-ring (bicyclic) bond motifs is 3. The van der Waals surface area contributed by atoms with Crippen LogP contribution in [0.3, 0.4) is 0 Å². The van der Waals surface area contributed by atoms with Gasteiger partial charge in [0.1, 0.15) is 11.2 Å². The fourth-order valence-electron chi connectivity index (χ4n) is 3.42. The highest BCUT2D eigenvalue weighted by Crippen LogP contribution is 2.40. The molecule has 2 heterocycles. The zero-order chi connectivity index (χ0) is 18.5. The van der Waals surface area contributed by atoms with Crippen LogP contribution >= 0.6 is 11.3 Å². The van der Waals surface area contributed by atoms with E-state index in [2.05, 4.69) is 21.6 Å². The van der Waals surface area contributed by atoms with E-state index < -0.39 is 10.0 Å². The standard InChI is InChI=1S/C19H21N3O2S2/c1-11-4-7-15-16(8-11)25-19-17(15)18(20-10-21-19)22-26(23,24)14-6-5-12(2)13(3)9-14/h5-6,9-11H,4,7-8H2,1-3H3,(H,20,21,22)/t11-/m1/s1. The number of hydrogen-bond donors (Lipinski definition) is 1. The van der Waals surface area contributed by atoms with Crippen LogP contribution < -0.4 is 4.72 Å². The summed E-state index contributed by atoms with van der Waals surface area (Å²) < 4.78 is 28.5. The van der Waals surface area contributed by atoms with E-state index in [9.17, 15) is 8.42 Å². The van der Waals surface area contributed by atoms with E-state index in [0.29, 0.717) is 11.7 Å². The molecule has 0 radical (unpaired) electrons. The van der Waals surface area contributed by atoms with Gasteiger partial charge in [0, 0.05) is 4.88 Å². The van der Waals surface area contributed by atoms with Gasteiger partial charge in [-0.3, -0.25) is 4.72 Å². The Morgan fingerprint density at radius 3 is 2.77 bits per heavy atom. The van der Waals surface area contributed by atoms with E-state index in [1.165, 1.54) is 16.8 Å². The van der Waals surface area contributed by atoms with Crippen molar-refractivity contribution in [1.82, 2.24) is 9.97 Å². The molecule has 1 atom stereocenters. The Hall–Kier alpha value is -1.99. The average Bonchev–Trinajstić information content (AvgIpc) is 2.95. The van der Waals surface area contributed by atoms with Crippen molar-refractivity contribution in [3.63, 3.8) is 0 Å². The zero-order valence-corrected chi connectivity index (χ0v) is 16.7. The van der Waals surface area contributed by atoms with Gasteiger partial charge in [-0.15, -0.1) is 11.3 Å². The first-order valence-corrected chi connectivity index (χ1v) is 11.0. The van der Waals surface area contributed by atoms with Gasteiger partial charge >= 0.3 is 0 Å². The van der Waals surface area contributed by atoms with Gasteiger partial charge in [-0.1, -0.05) is 13.0 Å². The number of anilines is 1. The highest BCUT2D eigenvalue weighted by Gasteiger charge is 2.25. The normalized spacial score (nSPS) is 17.3. The molecule has 0 amide bonds. The Labute approximate surface area is 157 Å². The van der Waals surface area contributed by atoms with E-state index in [1.807, 2.05) is 19.9 Å². The van der Waals surface area contributed by atoms with Gasteiger partial charge in [-0.05, 0) is 67.9 Å². The smallest absolute Gasteiger partial charge is 0.263 e. The quantitative estimate of drug-likeness (QED) is 0.730. The second kappa shape index (κ2) is 6.32. The Morgan fingerprint density at radius 1 is 1.19 bits per heavy atom. The van der Waals surface area contributed by atoms with Crippen LogP contribution in [0.25, 0.3) is 10.2 Å². The summed E-state index contributed by atoms with van der Waals surface area (Å²) in [5.41, 5.74) is 3.22. The molecule has 2 aromatic heterocycles. The average molecular weight is 388 g/mol. The number of aromatic nitrogens is 2. The van der Waals surface area contributed by atoms with Crippen molar-refractivity contribution in [1.29, 1.82) is 0 Å². The first kappa shape index (κ1) is 17.4. The molecular weight excluding hydrogens is 366 g/mol. The lowest BCUT2D eigenvalue weighted by Crippen LogP contribution is -2.15. The fourth-order valence-corrected chi connectivity index (χ4v) is 5.88. The van der Waals surface area contributed by atoms with Crippen LogP contribution in [-0.2, 0) is 22.9 Å². The number of aryl methyl sites for hydroxylation is 3. The molecule has 0 spiro atoms. The Bertz CT molecular complexity index is 1100. The molecular formula is C19H21N3O2S2. The largest absolute Gasteiger partial charge is 0.263 e. The lowest BCUT2D eigenvalue weighted by atomic mass is 9.89. The zero-order valence-electron chi connectivity index (χ0n) is 15.0. The van der Waals surface area contributed by atoms with Gasteiger partial charge in [0.25, 0.3) is 10.0 Å². The molecule has 1 aromatic carbocycles. The van der Waals surface area contributed by atoms with E-state index in [4.69, 9.17) is 0 Å². The summed E-state index contributed by atoms with van der Waals surface area (Å²) in [6.07, 6.45) is 4.52. The molecule has 0 unspecified atom stereocenters. The van der Waals surface area contributed by atoms with Gasteiger partial charge < -0.3 is 0 Å². The summed E-state index contributed by atoms with van der Waals surface area (Å²) in [6.45, 7) is 6.13. The molecule has 0 fully saturated rings. The second-order valence-corrected chi connectivity index (χ2v) is 9.87. The molecule has 136 valence electrons. The monoisotopic (exact) mass is 387 g/mol.